The summed E-state index contributed by atoms with van der Waals surface area (Å²) in [7, 11) is 3.38. The van der Waals surface area contributed by atoms with Gasteiger partial charge in [0, 0.05) is 30.4 Å². The highest BCUT2D eigenvalue weighted by molar-refractivity contribution is 7.80. The maximum atomic E-state index is 13.4. The van der Waals surface area contributed by atoms with Gasteiger partial charge in [-0.2, -0.15) is 0 Å². The molecule has 0 saturated heterocycles. The third kappa shape index (κ3) is 5.00. The summed E-state index contributed by atoms with van der Waals surface area (Å²) in [5, 5.41) is 11.5. The molecule has 2 aromatic heterocycles. The fourth-order valence-electron chi connectivity index (χ4n) is 4.63. The monoisotopic (exact) mass is 517 g/mol. The Kier molecular flexibility index (Phi) is 6.69. The first-order valence-corrected chi connectivity index (χ1v) is 13.2. The van der Waals surface area contributed by atoms with Crippen molar-refractivity contribution in [2.45, 2.75) is 51.0 Å². The lowest BCUT2D eigenvalue weighted by atomic mass is 9.90. The number of nitrogens with one attached hydrogen (secondary N) is 3. The molecule has 2 fully saturated rings. The Hall–Kier alpha value is -2.70. The van der Waals surface area contributed by atoms with Crippen LogP contribution in [0.3, 0.4) is 0 Å². The second kappa shape index (κ2) is 9.75. The van der Waals surface area contributed by atoms with Crippen LogP contribution in [0.1, 0.15) is 52.9 Å². The molecule has 3 aliphatic carbocycles. The number of nitrogens with zero attached hydrogens (tertiary/aromatic N) is 3. The Morgan fingerprint density at radius 1 is 1.31 bits per heavy atom. The van der Waals surface area contributed by atoms with Crippen LogP contribution in [-0.4, -0.2) is 46.4 Å². The molecule has 0 unspecified atom stereocenters. The number of hydrogen-bond acceptors (Lipinski definition) is 7. The molecule has 5 rings (SSSR count). The molecule has 2 saturated carbocycles. The van der Waals surface area contributed by atoms with E-state index >= 15 is 0 Å². The van der Waals surface area contributed by atoms with Crippen molar-refractivity contribution >= 4 is 51.2 Å². The summed E-state index contributed by atoms with van der Waals surface area (Å²) in [5.41, 5.74) is 4.88. The summed E-state index contributed by atoms with van der Waals surface area (Å²) < 4.78 is 7.16. The van der Waals surface area contributed by atoms with E-state index in [4.69, 9.17) is 22.8 Å². The highest BCUT2D eigenvalue weighted by Crippen LogP contribution is 2.42. The van der Waals surface area contributed by atoms with E-state index in [1.807, 2.05) is 18.1 Å². The number of nitrogens with two attached hydrogens (primary N) is 1. The maximum Gasteiger partial charge on any atom is 0.256 e. The second-order valence-electron chi connectivity index (χ2n) is 9.54. The van der Waals surface area contributed by atoms with Gasteiger partial charge in [0.2, 0.25) is 5.91 Å². The number of rotatable bonds is 8. The zero-order valence-electron chi connectivity index (χ0n) is 19.9. The average Bonchev–Trinajstić information content (AvgIpc) is 3.77. The van der Waals surface area contributed by atoms with Crippen LogP contribution < -0.4 is 31.5 Å². The van der Waals surface area contributed by atoms with E-state index in [1.54, 1.807) is 11.8 Å². The second-order valence-corrected chi connectivity index (χ2v) is 11.0. The van der Waals surface area contributed by atoms with Gasteiger partial charge in [0.25, 0.3) is 11.8 Å². The number of hydrazine groups is 1. The summed E-state index contributed by atoms with van der Waals surface area (Å²) in [4.78, 5) is 29.0. The number of fused-ring (bicyclic) bond motifs is 1. The number of thiocarbonyl (C=S) groups is 1. The van der Waals surface area contributed by atoms with Gasteiger partial charge in [-0.1, -0.05) is 0 Å². The number of carbonyl (C=O) groups is 2. The standard InChI is InChI=1S/C23H31N7O3S2/c1-29-11-16(21(28-29)33-2)30(23(34)27-24)14-7-8-17-15(9-14)18(20(32)25-10-12-3-4-12)22(35-17)26-19(31)13-5-6-13/h11-14H,3-10,24H2,1-2H3,(H,25,32)(H,26,31)(H,27,34)/t14-/m0/s1. The molecule has 0 spiro atoms. The zero-order chi connectivity index (χ0) is 24.7. The van der Waals surface area contributed by atoms with E-state index in [0.717, 1.165) is 49.0 Å². The average molecular weight is 518 g/mol. The van der Waals surface area contributed by atoms with Crippen molar-refractivity contribution in [3.8, 4) is 5.88 Å². The minimum Gasteiger partial charge on any atom is -0.478 e. The Bertz CT molecular complexity index is 1150. The molecule has 12 heteroatoms. The van der Waals surface area contributed by atoms with Crippen LogP contribution in [0.25, 0.3) is 0 Å². The lowest BCUT2D eigenvalue weighted by Gasteiger charge is -2.35. The van der Waals surface area contributed by atoms with Gasteiger partial charge in [-0.3, -0.25) is 14.3 Å². The molecule has 2 heterocycles. The summed E-state index contributed by atoms with van der Waals surface area (Å²) in [6, 6.07) is -0.0688. The highest BCUT2D eigenvalue weighted by atomic mass is 32.1. The SMILES string of the molecule is COc1nn(C)cc1N(C(=S)NN)[C@H]1CCc2sc(NC(=O)C3CC3)c(C(=O)NCC3CC3)c2C1. The van der Waals surface area contributed by atoms with Gasteiger partial charge < -0.3 is 25.7 Å². The zero-order valence-corrected chi connectivity index (χ0v) is 21.6. The molecule has 1 atom stereocenters. The first-order valence-electron chi connectivity index (χ1n) is 12.0. The number of thiophene rings is 1. The van der Waals surface area contributed by atoms with E-state index in [9.17, 15) is 9.59 Å². The number of aryl methyl sites for hydroxylation is 2. The maximum absolute atomic E-state index is 13.4. The van der Waals surface area contributed by atoms with Crippen molar-refractivity contribution in [1.82, 2.24) is 20.5 Å². The topological polar surface area (TPSA) is 127 Å². The number of amides is 2. The molecular formula is C23H31N7O3S2. The van der Waals surface area contributed by atoms with Crippen molar-refractivity contribution in [3.63, 3.8) is 0 Å². The van der Waals surface area contributed by atoms with E-state index in [-0.39, 0.29) is 23.8 Å². The minimum atomic E-state index is -0.119. The third-order valence-electron chi connectivity index (χ3n) is 6.83. The molecule has 0 aliphatic heterocycles. The molecule has 35 heavy (non-hydrogen) atoms. The Morgan fingerprint density at radius 2 is 2.09 bits per heavy atom. The molecule has 2 aromatic rings. The number of aromatic nitrogens is 2. The molecule has 0 aromatic carbocycles. The molecule has 5 N–H and O–H groups in total. The number of carbonyl (C=O) groups excluding carboxylic acids is 2. The van der Waals surface area contributed by atoms with Crippen LogP contribution in [-0.2, 0) is 24.7 Å². The summed E-state index contributed by atoms with van der Waals surface area (Å²) in [5.74, 6) is 6.70. The number of methoxy groups -OCH3 is 1. The van der Waals surface area contributed by atoms with Crippen molar-refractivity contribution in [2.24, 2.45) is 24.7 Å². The normalized spacial score (nSPS) is 19.0. The van der Waals surface area contributed by atoms with Crippen LogP contribution in [0.15, 0.2) is 6.20 Å². The van der Waals surface area contributed by atoms with Crippen molar-refractivity contribution < 1.29 is 14.3 Å². The lowest BCUT2D eigenvalue weighted by Crippen LogP contribution is -2.50. The first-order chi connectivity index (χ1) is 16.9. The predicted octanol–water partition coefficient (Wildman–Crippen LogP) is 2.09. The molecule has 3 aliphatic rings. The van der Waals surface area contributed by atoms with Gasteiger partial charge in [-0.05, 0) is 68.6 Å². The van der Waals surface area contributed by atoms with Gasteiger partial charge in [0.05, 0.1) is 18.9 Å². The molecule has 0 radical (unpaired) electrons. The Morgan fingerprint density at radius 3 is 2.74 bits per heavy atom. The van der Waals surface area contributed by atoms with Crippen molar-refractivity contribution in [2.75, 3.05) is 23.9 Å². The fourth-order valence-corrected chi connectivity index (χ4v) is 6.12. The molecule has 10 nitrogen and oxygen atoms in total. The van der Waals surface area contributed by atoms with Crippen LogP contribution in [0.5, 0.6) is 5.88 Å². The third-order valence-corrected chi connectivity index (χ3v) is 8.35. The van der Waals surface area contributed by atoms with E-state index in [2.05, 4.69) is 21.2 Å². The van der Waals surface area contributed by atoms with Crippen LogP contribution in [0, 0.1) is 11.8 Å². The molecule has 2 amide bonds. The molecular weight excluding hydrogens is 486 g/mol. The quantitative estimate of drug-likeness (QED) is 0.238. The van der Waals surface area contributed by atoms with Crippen molar-refractivity contribution in [3.05, 3.63) is 22.2 Å². The van der Waals surface area contributed by atoms with Crippen molar-refractivity contribution in [1.29, 1.82) is 0 Å². The molecule has 0 bridgehead atoms. The number of hydrogen-bond donors (Lipinski definition) is 4. The predicted molar refractivity (Wildman–Crippen MR) is 139 cm³/mol. The Labute approximate surface area is 213 Å². The summed E-state index contributed by atoms with van der Waals surface area (Å²) >= 11 is 7.10. The van der Waals surface area contributed by atoms with Gasteiger partial charge >= 0.3 is 0 Å². The minimum absolute atomic E-state index is 0.00613. The van der Waals surface area contributed by atoms with Gasteiger partial charge in [-0.15, -0.1) is 16.4 Å². The van der Waals surface area contributed by atoms with Gasteiger partial charge in [0.15, 0.2) is 5.11 Å². The molecule has 188 valence electrons. The van der Waals surface area contributed by atoms with Crippen LogP contribution >= 0.6 is 23.6 Å². The van der Waals surface area contributed by atoms with E-state index in [1.165, 1.54) is 11.3 Å². The van der Waals surface area contributed by atoms with Gasteiger partial charge in [0.1, 0.15) is 10.7 Å². The largest absolute Gasteiger partial charge is 0.478 e. The smallest absolute Gasteiger partial charge is 0.256 e. The number of ether oxygens (including phenoxy) is 1. The van der Waals surface area contributed by atoms with E-state index in [0.29, 0.717) is 46.1 Å². The number of anilines is 2. The first kappa shape index (κ1) is 24.0. The summed E-state index contributed by atoms with van der Waals surface area (Å²) in [6.45, 7) is 0.670. The van der Waals surface area contributed by atoms with Crippen LogP contribution in [0.4, 0.5) is 10.7 Å². The lowest BCUT2D eigenvalue weighted by molar-refractivity contribution is -0.117. The van der Waals surface area contributed by atoms with Gasteiger partial charge in [-0.25, -0.2) is 5.84 Å². The van der Waals surface area contributed by atoms with Crippen LogP contribution in [0.2, 0.25) is 0 Å². The Balaban J connectivity index is 1.47. The summed E-state index contributed by atoms with van der Waals surface area (Å²) in [6.07, 6.45) is 8.11. The fraction of sp³-hybridized carbons (Fsp3) is 0.565. The highest BCUT2D eigenvalue weighted by Gasteiger charge is 2.37. The van der Waals surface area contributed by atoms with E-state index < -0.39 is 0 Å².